The van der Waals surface area contributed by atoms with E-state index in [1.807, 2.05) is 20.8 Å². The minimum atomic E-state index is -0.511. The summed E-state index contributed by atoms with van der Waals surface area (Å²) in [4.78, 5) is 42.3. The maximum absolute atomic E-state index is 12.4. The molecule has 39 heavy (non-hydrogen) atoms. The zero-order valence-corrected chi connectivity index (χ0v) is 23.8. The third-order valence-corrected chi connectivity index (χ3v) is 8.22. The van der Waals surface area contributed by atoms with Crippen LogP contribution in [0.2, 0.25) is 0 Å². The maximum atomic E-state index is 12.4. The number of hydrogen-bond donors (Lipinski definition) is 7. The Morgan fingerprint density at radius 1 is 1.08 bits per heavy atom. The first-order chi connectivity index (χ1) is 18.7. The Morgan fingerprint density at radius 2 is 1.90 bits per heavy atom. The number of ether oxygens (including phenoxy) is 1. The SMILES string of the molecule is CC(C)(C)OC(=O)NC1CCCC(C2NOC(CCC(=O)NCCCNC3NNC(=O)C4CCCCC34)N2)C1. The normalized spacial score (nSPS) is 33.1. The van der Waals surface area contributed by atoms with Gasteiger partial charge in [0.25, 0.3) is 0 Å². The number of fused-ring (bicyclic) bond motifs is 1. The average Bonchev–Trinajstić information content (AvgIpc) is 3.37. The van der Waals surface area contributed by atoms with E-state index in [1.54, 1.807) is 0 Å². The molecule has 0 aromatic heterocycles. The largest absolute Gasteiger partial charge is 0.444 e. The molecule has 7 unspecified atom stereocenters. The number of hydrazine groups is 1. The molecule has 12 nitrogen and oxygen atoms in total. The van der Waals surface area contributed by atoms with Crippen molar-refractivity contribution in [2.24, 2.45) is 17.8 Å². The molecular weight excluding hydrogens is 502 g/mol. The van der Waals surface area contributed by atoms with E-state index in [2.05, 4.69) is 37.6 Å². The second kappa shape index (κ2) is 14.1. The Labute approximate surface area is 232 Å². The van der Waals surface area contributed by atoms with Gasteiger partial charge in [0.05, 0.1) is 12.3 Å². The second-order valence-electron chi connectivity index (χ2n) is 12.5. The monoisotopic (exact) mass is 551 g/mol. The molecule has 0 bridgehead atoms. The molecule has 12 heteroatoms. The molecular formula is C27H49N7O5. The summed E-state index contributed by atoms with van der Waals surface area (Å²) in [6.07, 6.45) is 9.46. The van der Waals surface area contributed by atoms with Gasteiger partial charge in [0, 0.05) is 30.8 Å². The average molecular weight is 552 g/mol. The van der Waals surface area contributed by atoms with Crippen LogP contribution >= 0.6 is 0 Å². The first kappa shape index (κ1) is 30.0. The number of hydroxylamine groups is 1. The molecule has 2 aliphatic heterocycles. The van der Waals surface area contributed by atoms with Gasteiger partial charge in [-0.3, -0.25) is 25.2 Å². The Bertz CT molecular complexity index is 838. The Hall–Kier alpha value is -1.99. The summed E-state index contributed by atoms with van der Waals surface area (Å²) in [5.74, 6) is 0.884. The number of rotatable bonds is 10. The van der Waals surface area contributed by atoms with Gasteiger partial charge in [-0.1, -0.05) is 19.3 Å². The molecule has 4 aliphatic rings. The maximum Gasteiger partial charge on any atom is 0.407 e. The molecule has 4 fully saturated rings. The van der Waals surface area contributed by atoms with Crippen molar-refractivity contribution >= 4 is 17.9 Å². The van der Waals surface area contributed by atoms with Gasteiger partial charge in [0.2, 0.25) is 11.8 Å². The molecule has 4 rings (SSSR count). The van der Waals surface area contributed by atoms with Gasteiger partial charge in [-0.25, -0.2) is 10.2 Å². The smallest absolute Gasteiger partial charge is 0.407 e. The van der Waals surface area contributed by atoms with E-state index < -0.39 is 5.60 Å². The minimum Gasteiger partial charge on any atom is -0.444 e. The number of amides is 3. The van der Waals surface area contributed by atoms with Gasteiger partial charge in [0.1, 0.15) is 11.8 Å². The van der Waals surface area contributed by atoms with Crippen LogP contribution in [0.15, 0.2) is 0 Å². The van der Waals surface area contributed by atoms with Crippen LogP contribution in [0.5, 0.6) is 0 Å². The number of carbonyl (C=O) groups excluding carboxylic acids is 3. The van der Waals surface area contributed by atoms with E-state index in [4.69, 9.17) is 9.57 Å². The first-order valence-corrected chi connectivity index (χ1v) is 14.9. The summed E-state index contributed by atoms with van der Waals surface area (Å²) < 4.78 is 5.40. The predicted molar refractivity (Wildman–Crippen MR) is 145 cm³/mol. The van der Waals surface area contributed by atoms with Crippen molar-refractivity contribution in [1.29, 1.82) is 0 Å². The van der Waals surface area contributed by atoms with Gasteiger partial charge in [-0.15, -0.1) is 0 Å². The fourth-order valence-corrected chi connectivity index (χ4v) is 6.29. The second-order valence-corrected chi connectivity index (χ2v) is 12.5. The van der Waals surface area contributed by atoms with Crippen LogP contribution in [-0.4, -0.2) is 61.2 Å². The summed E-state index contributed by atoms with van der Waals surface area (Å²) in [5, 5.41) is 13.0. The molecule has 0 aromatic carbocycles. The van der Waals surface area contributed by atoms with Crippen LogP contribution in [-0.2, 0) is 19.2 Å². The minimum absolute atomic E-state index is 0.00526. The van der Waals surface area contributed by atoms with Crippen LogP contribution in [0, 0.1) is 17.8 Å². The highest BCUT2D eigenvalue weighted by molar-refractivity contribution is 5.79. The van der Waals surface area contributed by atoms with Crippen LogP contribution in [0.25, 0.3) is 0 Å². The summed E-state index contributed by atoms with van der Waals surface area (Å²) in [5.41, 5.74) is 8.51. The quantitative estimate of drug-likeness (QED) is 0.200. The lowest BCUT2D eigenvalue weighted by atomic mass is 9.76. The predicted octanol–water partition coefficient (Wildman–Crippen LogP) is 1.49. The summed E-state index contributed by atoms with van der Waals surface area (Å²) >= 11 is 0. The third kappa shape index (κ3) is 9.28. The van der Waals surface area contributed by atoms with Crippen LogP contribution in [0.4, 0.5) is 4.79 Å². The number of hydrogen-bond acceptors (Lipinski definition) is 9. The fourth-order valence-electron chi connectivity index (χ4n) is 6.29. The first-order valence-electron chi connectivity index (χ1n) is 14.9. The molecule has 0 spiro atoms. The van der Waals surface area contributed by atoms with Gasteiger partial charge in [-0.05, 0) is 78.2 Å². The van der Waals surface area contributed by atoms with Crippen molar-refractivity contribution in [2.45, 2.75) is 122 Å². The van der Waals surface area contributed by atoms with Crippen LogP contribution in [0.1, 0.15) is 91.4 Å². The molecule has 3 amide bonds. The Balaban J connectivity index is 1.06. The van der Waals surface area contributed by atoms with Gasteiger partial charge in [0.15, 0.2) is 0 Å². The van der Waals surface area contributed by atoms with Crippen molar-refractivity contribution in [3.05, 3.63) is 0 Å². The zero-order valence-electron chi connectivity index (χ0n) is 23.8. The van der Waals surface area contributed by atoms with Crippen molar-refractivity contribution < 1.29 is 24.0 Å². The van der Waals surface area contributed by atoms with Crippen molar-refractivity contribution in [3.8, 4) is 0 Å². The van der Waals surface area contributed by atoms with E-state index in [1.165, 1.54) is 6.42 Å². The summed E-state index contributed by atoms with van der Waals surface area (Å²) in [6, 6.07) is 0.0817. The molecule has 2 aliphatic carbocycles. The summed E-state index contributed by atoms with van der Waals surface area (Å²) in [6.45, 7) is 6.96. The third-order valence-electron chi connectivity index (χ3n) is 8.22. The van der Waals surface area contributed by atoms with E-state index in [-0.39, 0.29) is 48.4 Å². The number of carbonyl (C=O) groups is 3. The van der Waals surface area contributed by atoms with Crippen molar-refractivity contribution in [2.75, 3.05) is 13.1 Å². The highest BCUT2D eigenvalue weighted by Crippen LogP contribution is 2.33. The molecule has 2 saturated carbocycles. The molecule has 222 valence electrons. The lowest BCUT2D eigenvalue weighted by molar-refractivity contribution is -0.134. The lowest BCUT2D eigenvalue weighted by Crippen LogP contribution is -2.64. The molecule has 0 aromatic rings. The van der Waals surface area contributed by atoms with E-state index in [0.29, 0.717) is 31.2 Å². The van der Waals surface area contributed by atoms with Gasteiger partial charge in [-0.2, -0.15) is 5.48 Å². The highest BCUT2D eigenvalue weighted by Gasteiger charge is 2.39. The topological polar surface area (TPSA) is 154 Å². The molecule has 7 atom stereocenters. The Morgan fingerprint density at radius 3 is 2.72 bits per heavy atom. The summed E-state index contributed by atoms with van der Waals surface area (Å²) in [7, 11) is 0. The zero-order chi connectivity index (χ0) is 27.8. The highest BCUT2D eigenvalue weighted by atomic mass is 16.7. The standard InChI is InChI=1S/C27H49N7O5/c1-27(2,3)38-26(37)30-18-9-6-8-17(16-18)23-31-22(39-34-23)13-12-21(35)28-14-7-15-29-24-19-10-4-5-11-20(19)25(36)33-32-24/h17-20,22-24,29,31-32,34H,4-16H2,1-3H3,(H,28,35)(H,30,37)(H,33,36). The number of nitrogens with one attached hydrogen (secondary N) is 7. The molecule has 7 N–H and O–H groups in total. The fraction of sp³-hybridized carbons (Fsp3) is 0.889. The van der Waals surface area contributed by atoms with Gasteiger partial charge >= 0.3 is 6.09 Å². The Kier molecular flexibility index (Phi) is 10.8. The molecule has 0 radical (unpaired) electrons. The number of alkyl carbamates (subject to hydrolysis) is 1. The van der Waals surface area contributed by atoms with Gasteiger partial charge < -0.3 is 20.7 Å². The van der Waals surface area contributed by atoms with E-state index >= 15 is 0 Å². The molecule has 2 heterocycles. The van der Waals surface area contributed by atoms with E-state index in [9.17, 15) is 14.4 Å². The van der Waals surface area contributed by atoms with Crippen molar-refractivity contribution in [3.63, 3.8) is 0 Å². The van der Waals surface area contributed by atoms with Crippen LogP contribution in [0.3, 0.4) is 0 Å². The van der Waals surface area contributed by atoms with Crippen LogP contribution < -0.4 is 37.6 Å². The molecule has 2 saturated heterocycles. The van der Waals surface area contributed by atoms with Crippen molar-refractivity contribution in [1.82, 2.24) is 37.6 Å². The lowest BCUT2D eigenvalue weighted by Gasteiger charge is -2.41. The van der Waals surface area contributed by atoms with E-state index in [0.717, 1.165) is 57.9 Å².